The lowest BCUT2D eigenvalue weighted by Crippen LogP contribution is -2.16. The van der Waals surface area contributed by atoms with E-state index in [1.54, 1.807) is 0 Å². The molecule has 2 aromatic rings. The van der Waals surface area contributed by atoms with Gasteiger partial charge in [-0.05, 0) is 18.6 Å². The molecule has 0 aliphatic rings. The molecule has 0 aliphatic carbocycles. The van der Waals surface area contributed by atoms with E-state index >= 15 is 0 Å². The topological polar surface area (TPSA) is 84.7 Å². The average Bonchev–Trinajstić information content (AvgIpc) is 2.22. The van der Waals surface area contributed by atoms with Crippen LogP contribution in [-0.2, 0) is 0 Å². The number of benzene rings is 1. The minimum absolute atomic E-state index is 0.0323. The number of aromatic amines is 1. The van der Waals surface area contributed by atoms with Crippen molar-refractivity contribution in [3.63, 3.8) is 0 Å². The van der Waals surface area contributed by atoms with Crippen LogP contribution in [0.25, 0.3) is 11.4 Å². The van der Waals surface area contributed by atoms with Crippen molar-refractivity contribution in [1.29, 1.82) is 0 Å². The molecule has 0 saturated carbocycles. The Morgan fingerprint density at radius 3 is 2.59 bits per heavy atom. The van der Waals surface area contributed by atoms with Gasteiger partial charge in [-0.3, -0.25) is 4.98 Å². The van der Waals surface area contributed by atoms with Crippen molar-refractivity contribution in [1.82, 2.24) is 15.0 Å². The quantitative estimate of drug-likeness (QED) is 0.776. The van der Waals surface area contributed by atoms with Crippen molar-refractivity contribution in [3.8, 4) is 11.4 Å². The van der Waals surface area contributed by atoms with E-state index in [0.717, 1.165) is 6.07 Å². The summed E-state index contributed by atoms with van der Waals surface area (Å²) in [6, 6.07) is 1.96. The zero-order chi connectivity index (χ0) is 12.6. The smallest absolute Gasteiger partial charge is 0.349 e. The first-order valence-electron chi connectivity index (χ1n) is 4.67. The fourth-order valence-electron chi connectivity index (χ4n) is 1.37. The number of nitrogen functional groups attached to an aromatic ring is 1. The number of hydrogen-bond donors (Lipinski definition) is 2. The monoisotopic (exact) mass is 238 g/mol. The second-order valence-corrected chi connectivity index (χ2v) is 3.44. The predicted molar refractivity (Wildman–Crippen MR) is 57.2 cm³/mol. The van der Waals surface area contributed by atoms with Gasteiger partial charge in [-0.15, -0.1) is 0 Å². The van der Waals surface area contributed by atoms with Crippen LogP contribution in [0.3, 0.4) is 0 Å². The maximum Gasteiger partial charge on any atom is 0.349 e. The molecule has 2 rings (SSSR count). The van der Waals surface area contributed by atoms with E-state index in [0.29, 0.717) is 0 Å². The molecule has 1 aromatic carbocycles. The van der Waals surface area contributed by atoms with Crippen LogP contribution in [0, 0.1) is 18.6 Å². The lowest BCUT2D eigenvalue weighted by Gasteiger charge is -2.05. The van der Waals surface area contributed by atoms with Crippen LogP contribution in [0.15, 0.2) is 16.9 Å². The first-order valence-corrected chi connectivity index (χ1v) is 4.67. The van der Waals surface area contributed by atoms with E-state index in [-0.39, 0.29) is 22.9 Å². The lowest BCUT2D eigenvalue weighted by atomic mass is 10.1. The maximum absolute atomic E-state index is 13.5. The summed E-state index contributed by atoms with van der Waals surface area (Å²) in [7, 11) is 0. The Morgan fingerprint density at radius 1 is 1.24 bits per heavy atom. The van der Waals surface area contributed by atoms with Gasteiger partial charge in [-0.2, -0.15) is 9.97 Å². The summed E-state index contributed by atoms with van der Waals surface area (Å²) >= 11 is 0. The molecule has 17 heavy (non-hydrogen) atoms. The van der Waals surface area contributed by atoms with E-state index in [2.05, 4.69) is 15.0 Å². The normalized spacial score (nSPS) is 10.5. The highest BCUT2D eigenvalue weighted by Gasteiger charge is 2.12. The Morgan fingerprint density at radius 2 is 1.94 bits per heavy atom. The van der Waals surface area contributed by atoms with Gasteiger partial charge in [0.05, 0.1) is 5.56 Å². The molecule has 88 valence electrons. The van der Waals surface area contributed by atoms with Gasteiger partial charge in [0.25, 0.3) is 0 Å². The summed E-state index contributed by atoms with van der Waals surface area (Å²) in [4.78, 5) is 20.3. The fraction of sp³-hybridized carbons (Fsp3) is 0.100. The molecule has 0 fully saturated rings. The molecule has 0 amide bonds. The molecule has 3 N–H and O–H groups in total. The minimum atomic E-state index is -0.832. The van der Waals surface area contributed by atoms with Gasteiger partial charge in [0.2, 0.25) is 5.95 Å². The van der Waals surface area contributed by atoms with Crippen molar-refractivity contribution in [2.45, 2.75) is 6.92 Å². The fourth-order valence-corrected chi connectivity index (χ4v) is 1.37. The van der Waals surface area contributed by atoms with Crippen molar-refractivity contribution in [2.24, 2.45) is 0 Å². The minimum Gasteiger partial charge on any atom is -0.368 e. The van der Waals surface area contributed by atoms with Crippen molar-refractivity contribution in [2.75, 3.05) is 5.73 Å². The molecule has 0 unspecified atom stereocenters. The highest BCUT2D eigenvalue weighted by molar-refractivity contribution is 5.57. The molecule has 0 saturated heterocycles. The van der Waals surface area contributed by atoms with Gasteiger partial charge in [-0.25, -0.2) is 13.6 Å². The van der Waals surface area contributed by atoms with Gasteiger partial charge in [0.1, 0.15) is 17.5 Å². The number of nitrogens with one attached hydrogen (secondary N) is 1. The third kappa shape index (κ3) is 2.12. The Balaban J connectivity index is 2.68. The van der Waals surface area contributed by atoms with E-state index in [4.69, 9.17) is 5.73 Å². The molecule has 5 nitrogen and oxygen atoms in total. The Hall–Kier alpha value is -2.31. The van der Waals surface area contributed by atoms with E-state index in [1.165, 1.54) is 13.0 Å². The molecule has 1 heterocycles. The number of nitrogens with two attached hydrogens (primary N) is 1. The van der Waals surface area contributed by atoms with Gasteiger partial charge in [-0.1, -0.05) is 0 Å². The van der Waals surface area contributed by atoms with Gasteiger partial charge in [0.15, 0.2) is 0 Å². The SMILES string of the molecule is Cc1cc(-c2nc(N)nc(=O)[nH]2)c(F)cc1F. The number of aryl methyl sites for hydroxylation is 1. The molecule has 0 aliphatic heterocycles. The van der Waals surface area contributed by atoms with E-state index < -0.39 is 17.3 Å². The van der Waals surface area contributed by atoms with E-state index in [9.17, 15) is 13.6 Å². The van der Waals surface area contributed by atoms with Gasteiger partial charge >= 0.3 is 5.69 Å². The van der Waals surface area contributed by atoms with Crippen molar-refractivity contribution < 1.29 is 8.78 Å². The molecule has 0 radical (unpaired) electrons. The Labute approximate surface area is 94.3 Å². The first-order chi connectivity index (χ1) is 7.97. The number of H-pyrrole nitrogens is 1. The number of anilines is 1. The predicted octanol–water partition coefficient (Wildman–Crippen LogP) is 1.00. The summed E-state index contributed by atoms with van der Waals surface area (Å²) in [5, 5.41) is 0. The molecule has 1 aromatic heterocycles. The van der Waals surface area contributed by atoms with Gasteiger partial charge < -0.3 is 5.73 Å². The zero-order valence-electron chi connectivity index (χ0n) is 8.79. The van der Waals surface area contributed by atoms with Crippen LogP contribution in [0.5, 0.6) is 0 Å². The lowest BCUT2D eigenvalue weighted by molar-refractivity contribution is 0.579. The third-order valence-electron chi connectivity index (χ3n) is 2.17. The maximum atomic E-state index is 13.5. The number of nitrogens with zero attached hydrogens (tertiary/aromatic N) is 2. The van der Waals surface area contributed by atoms with Crippen LogP contribution in [-0.4, -0.2) is 15.0 Å². The number of halogens is 2. The van der Waals surface area contributed by atoms with Crippen LogP contribution >= 0.6 is 0 Å². The van der Waals surface area contributed by atoms with Crippen LogP contribution in [0.2, 0.25) is 0 Å². The highest BCUT2D eigenvalue weighted by Crippen LogP contribution is 2.21. The Bertz CT molecular complexity index is 639. The van der Waals surface area contributed by atoms with Crippen LogP contribution < -0.4 is 11.4 Å². The summed E-state index contributed by atoms with van der Waals surface area (Å²) in [6.45, 7) is 1.47. The standard InChI is InChI=1S/C10H8F2N4O/c1-4-2-5(7(12)3-6(4)11)8-14-9(13)16-10(17)15-8/h2-3H,1H3,(H3,13,14,15,16,17). The van der Waals surface area contributed by atoms with Gasteiger partial charge in [0, 0.05) is 6.07 Å². The third-order valence-corrected chi connectivity index (χ3v) is 2.17. The largest absolute Gasteiger partial charge is 0.368 e. The Kier molecular flexibility index (Phi) is 2.58. The van der Waals surface area contributed by atoms with Crippen LogP contribution in [0.1, 0.15) is 5.56 Å². The number of aromatic nitrogens is 3. The molecule has 0 atom stereocenters. The number of hydrogen-bond acceptors (Lipinski definition) is 4. The summed E-state index contributed by atoms with van der Waals surface area (Å²) in [5.41, 5.74) is 4.74. The second kappa shape index (κ2) is 3.93. The molecule has 7 heteroatoms. The summed E-state index contributed by atoms with van der Waals surface area (Å²) in [5.74, 6) is -1.86. The van der Waals surface area contributed by atoms with Crippen molar-refractivity contribution in [3.05, 3.63) is 39.8 Å². The second-order valence-electron chi connectivity index (χ2n) is 3.44. The molecular weight excluding hydrogens is 230 g/mol. The van der Waals surface area contributed by atoms with E-state index in [1.807, 2.05) is 0 Å². The average molecular weight is 238 g/mol. The molecule has 0 bridgehead atoms. The first kappa shape index (κ1) is 11.2. The van der Waals surface area contributed by atoms with Crippen LogP contribution in [0.4, 0.5) is 14.7 Å². The summed E-state index contributed by atoms with van der Waals surface area (Å²) < 4.78 is 26.6. The van der Waals surface area contributed by atoms with Crippen molar-refractivity contribution >= 4 is 5.95 Å². The zero-order valence-corrected chi connectivity index (χ0v) is 8.79. The molecular formula is C10H8F2N4O. The summed E-state index contributed by atoms with van der Waals surface area (Å²) in [6.07, 6.45) is 0. The molecule has 0 spiro atoms. The number of rotatable bonds is 1. The highest BCUT2D eigenvalue weighted by atomic mass is 19.1.